The summed E-state index contributed by atoms with van der Waals surface area (Å²) in [4.78, 5) is 23.2. The minimum absolute atomic E-state index is 0.0716. The summed E-state index contributed by atoms with van der Waals surface area (Å²) in [5, 5.41) is 1.47. The van der Waals surface area contributed by atoms with Crippen LogP contribution in [0.1, 0.15) is 43.0 Å². The Bertz CT molecular complexity index is 677. The van der Waals surface area contributed by atoms with E-state index in [9.17, 15) is 18.0 Å². The van der Waals surface area contributed by atoms with Crippen LogP contribution >= 0.6 is 0 Å². The number of nitrogens with one attached hydrogen (secondary N) is 1. The van der Waals surface area contributed by atoms with Gasteiger partial charge in [0.25, 0.3) is 0 Å². The van der Waals surface area contributed by atoms with Gasteiger partial charge >= 0.3 is 0 Å². The molecule has 0 aliphatic heterocycles. The second-order valence-corrected chi connectivity index (χ2v) is 8.42. The van der Waals surface area contributed by atoms with Crippen LogP contribution in [0, 0.1) is 5.92 Å². The van der Waals surface area contributed by atoms with Crippen LogP contribution in [0.4, 0.5) is 5.69 Å². The first kappa shape index (κ1) is 17.5. The van der Waals surface area contributed by atoms with Crippen molar-refractivity contribution < 1.29 is 18.0 Å². The number of hydrogen-bond acceptors (Lipinski definition) is 4. The van der Waals surface area contributed by atoms with Crippen LogP contribution in [0.3, 0.4) is 0 Å². The van der Waals surface area contributed by atoms with Crippen LogP contribution in [-0.4, -0.2) is 31.2 Å². The van der Waals surface area contributed by atoms with Gasteiger partial charge in [-0.2, -0.15) is 0 Å². The number of anilines is 1. The molecule has 0 bridgehead atoms. The lowest BCUT2D eigenvalue weighted by Gasteiger charge is -2.16. The molecule has 0 heterocycles. The molecule has 1 aromatic carbocycles. The molecule has 3 N–H and O–H groups in total. The van der Waals surface area contributed by atoms with E-state index < -0.39 is 26.9 Å². The maximum atomic E-state index is 12.3. The van der Waals surface area contributed by atoms with Crippen LogP contribution < -0.4 is 11.1 Å². The topological polar surface area (TPSA) is 106 Å². The fraction of sp³-hybridized carbons (Fsp3) is 0.500. The molecule has 2 rings (SSSR count). The Morgan fingerprint density at radius 3 is 2.30 bits per heavy atom. The van der Waals surface area contributed by atoms with Crippen LogP contribution in [-0.2, 0) is 14.6 Å². The summed E-state index contributed by atoms with van der Waals surface area (Å²) in [6, 6.07) is 6.01. The smallest absolute Gasteiger partial charge is 0.248 e. The first-order valence-corrected chi connectivity index (χ1v) is 9.43. The van der Waals surface area contributed by atoms with Crippen molar-refractivity contribution in [1.29, 1.82) is 0 Å². The molecule has 0 saturated heterocycles. The second-order valence-electron chi connectivity index (χ2n) is 6.05. The lowest BCUT2D eigenvalue weighted by molar-refractivity contribution is -0.115. The molecule has 126 valence electrons. The zero-order valence-electron chi connectivity index (χ0n) is 13.1. The van der Waals surface area contributed by atoms with Crippen molar-refractivity contribution in [2.45, 2.75) is 37.9 Å². The first-order valence-electron chi connectivity index (χ1n) is 7.72. The zero-order chi connectivity index (χ0) is 17.0. The average Bonchev–Trinajstić information content (AvgIpc) is 2.99. The maximum absolute atomic E-state index is 12.3. The Labute approximate surface area is 136 Å². The van der Waals surface area contributed by atoms with Gasteiger partial charge in [-0.05, 0) is 49.9 Å². The number of benzene rings is 1. The van der Waals surface area contributed by atoms with Crippen molar-refractivity contribution >= 4 is 27.3 Å². The molecule has 1 aromatic rings. The second kappa shape index (κ2) is 7.12. The Balaban J connectivity index is 1.99. The third-order valence-electron chi connectivity index (χ3n) is 4.29. The molecular formula is C16H22N2O4S. The van der Waals surface area contributed by atoms with Gasteiger partial charge in [0.1, 0.15) is 5.25 Å². The van der Waals surface area contributed by atoms with Gasteiger partial charge < -0.3 is 11.1 Å². The van der Waals surface area contributed by atoms with E-state index in [-0.39, 0.29) is 11.7 Å². The molecule has 7 heteroatoms. The molecule has 1 fully saturated rings. The highest BCUT2D eigenvalue weighted by Crippen LogP contribution is 2.27. The Kier molecular flexibility index (Phi) is 5.41. The molecule has 0 aromatic heterocycles. The van der Waals surface area contributed by atoms with Crippen molar-refractivity contribution in [2.24, 2.45) is 11.7 Å². The molecular weight excluding hydrogens is 316 g/mol. The molecule has 2 amide bonds. The number of rotatable bonds is 6. The summed E-state index contributed by atoms with van der Waals surface area (Å²) in [5.74, 6) is -0.877. The van der Waals surface area contributed by atoms with E-state index in [0.29, 0.717) is 11.3 Å². The van der Waals surface area contributed by atoms with Gasteiger partial charge in [0.15, 0.2) is 9.84 Å². The van der Waals surface area contributed by atoms with Crippen LogP contribution in [0.5, 0.6) is 0 Å². The number of carbonyl (C=O) groups is 2. The molecule has 1 atom stereocenters. The lowest BCUT2D eigenvalue weighted by Crippen LogP contribution is -2.35. The van der Waals surface area contributed by atoms with Crippen molar-refractivity contribution in [3.63, 3.8) is 0 Å². The molecule has 23 heavy (non-hydrogen) atoms. The fourth-order valence-electron chi connectivity index (χ4n) is 2.77. The summed E-state index contributed by atoms with van der Waals surface area (Å²) in [7, 11) is -3.47. The highest BCUT2D eigenvalue weighted by Gasteiger charge is 2.31. The summed E-state index contributed by atoms with van der Waals surface area (Å²) >= 11 is 0. The monoisotopic (exact) mass is 338 g/mol. The molecule has 0 spiro atoms. The van der Waals surface area contributed by atoms with Gasteiger partial charge in [0.05, 0.1) is 5.75 Å². The highest BCUT2D eigenvalue weighted by molar-refractivity contribution is 7.92. The van der Waals surface area contributed by atoms with Crippen LogP contribution in [0.2, 0.25) is 0 Å². The average molecular weight is 338 g/mol. The van der Waals surface area contributed by atoms with Gasteiger partial charge in [0.2, 0.25) is 11.8 Å². The Hall–Kier alpha value is -1.89. The number of amides is 2. The number of sulfone groups is 1. The number of hydrogen-bond donors (Lipinski definition) is 2. The zero-order valence-corrected chi connectivity index (χ0v) is 13.9. The number of primary amides is 1. The Morgan fingerprint density at radius 2 is 1.78 bits per heavy atom. The molecule has 1 saturated carbocycles. The summed E-state index contributed by atoms with van der Waals surface area (Å²) < 4.78 is 24.7. The van der Waals surface area contributed by atoms with Crippen molar-refractivity contribution in [3.8, 4) is 0 Å². The number of carbonyl (C=O) groups excluding carboxylic acids is 2. The number of nitrogens with two attached hydrogens (primary N) is 1. The van der Waals surface area contributed by atoms with Gasteiger partial charge in [-0.3, -0.25) is 9.59 Å². The van der Waals surface area contributed by atoms with Crippen LogP contribution in [0.25, 0.3) is 0 Å². The largest absolute Gasteiger partial charge is 0.366 e. The lowest BCUT2D eigenvalue weighted by atomic mass is 10.1. The molecule has 0 radical (unpaired) electrons. The minimum atomic E-state index is -3.47. The Morgan fingerprint density at radius 1 is 1.22 bits per heavy atom. The van der Waals surface area contributed by atoms with Crippen molar-refractivity contribution in [2.75, 3.05) is 11.1 Å². The minimum Gasteiger partial charge on any atom is -0.366 e. The van der Waals surface area contributed by atoms with E-state index in [1.807, 2.05) is 0 Å². The van der Waals surface area contributed by atoms with Gasteiger partial charge in [-0.15, -0.1) is 0 Å². The summed E-state index contributed by atoms with van der Waals surface area (Å²) in [6.45, 7) is 1.41. The third kappa shape index (κ3) is 4.54. The summed E-state index contributed by atoms with van der Waals surface area (Å²) in [5.41, 5.74) is 5.90. The first-order chi connectivity index (χ1) is 10.8. The quantitative estimate of drug-likeness (QED) is 0.823. The van der Waals surface area contributed by atoms with E-state index in [0.717, 1.165) is 25.7 Å². The van der Waals surface area contributed by atoms with E-state index in [1.165, 1.54) is 31.2 Å². The fourth-order valence-corrected chi connectivity index (χ4v) is 4.44. The van der Waals surface area contributed by atoms with E-state index in [1.54, 1.807) is 0 Å². The highest BCUT2D eigenvalue weighted by atomic mass is 32.2. The maximum Gasteiger partial charge on any atom is 0.248 e. The standard InChI is InChI=1S/C16H22N2O4S/c1-11(23(21,22)10-12-4-2-3-5-12)16(20)18-14-8-6-13(7-9-14)15(17)19/h6-9,11-12H,2-5,10H2,1H3,(H2,17,19)(H,18,20). The summed E-state index contributed by atoms with van der Waals surface area (Å²) in [6.07, 6.45) is 3.96. The molecule has 1 aliphatic rings. The molecule has 1 aliphatic carbocycles. The predicted molar refractivity (Wildman–Crippen MR) is 88.8 cm³/mol. The predicted octanol–water partition coefficient (Wildman–Crippen LogP) is 1.72. The van der Waals surface area contributed by atoms with E-state index >= 15 is 0 Å². The van der Waals surface area contributed by atoms with E-state index in [2.05, 4.69) is 5.32 Å². The third-order valence-corrected chi connectivity index (χ3v) is 6.52. The molecule has 6 nitrogen and oxygen atoms in total. The van der Waals surface area contributed by atoms with E-state index in [4.69, 9.17) is 5.73 Å². The van der Waals surface area contributed by atoms with Crippen molar-refractivity contribution in [3.05, 3.63) is 29.8 Å². The van der Waals surface area contributed by atoms with Crippen LogP contribution in [0.15, 0.2) is 24.3 Å². The normalized spacial score (nSPS) is 16.9. The van der Waals surface area contributed by atoms with Gasteiger partial charge in [0, 0.05) is 11.3 Å². The molecule has 1 unspecified atom stereocenters. The SMILES string of the molecule is CC(C(=O)Nc1ccc(C(N)=O)cc1)S(=O)(=O)CC1CCCC1. The van der Waals surface area contributed by atoms with Gasteiger partial charge in [-0.1, -0.05) is 12.8 Å². The van der Waals surface area contributed by atoms with Gasteiger partial charge in [-0.25, -0.2) is 8.42 Å². The van der Waals surface area contributed by atoms with Crippen molar-refractivity contribution in [1.82, 2.24) is 0 Å².